The lowest BCUT2D eigenvalue weighted by Crippen LogP contribution is -2.11. The van der Waals surface area contributed by atoms with Gasteiger partial charge in [0, 0.05) is 6.07 Å². The standard InChI is InChI=1S/C15H13NO7/c1-9-4-3-5-11(16(19)20)13(9)15(18)23-8-12-10(6-7-22-12)14(17)21-2/h3-7H,8H2,1-2H3. The van der Waals surface area contributed by atoms with E-state index in [9.17, 15) is 19.7 Å². The van der Waals surface area contributed by atoms with Gasteiger partial charge >= 0.3 is 11.9 Å². The second kappa shape index (κ2) is 6.73. The van der Waals surface area contributed by atoms with Gasteiger partial charge in [0.05, 0.1) is 18.3 Å². The molecule has 0 saturated heterocycles. The van der Waals surface area contributed by atoms with Crippen LogP contribution in [0.1, 0.15) is 32.0 Å². The fraction of sp³-hybridized carbons (Fsp3) is 0.200. The van der Waals surface area contributed by atoms with Crippen LogP contribution in [0, 0.1) is 17.0 Å². The molecule has 0 aliphatic heterocycles. The van der Waals surface area contributed by atoms with Gasteiger partial charge in [-0.15, -0.1) is 0 Å². The molecular weight excluding hydrogens is 306 g/mol. The molecule has 0 fully saturated rings. The fourth-order valence-corrected chi connectivity index (χ4v) is 2.02. The molecule has 2 rings (SSSR count). The smallest absolute Gasteiger partial charge is 0.345 e. The molecule has 0 amide bonds. The zero-order chi connectivity index (χ0) is 17.0. The van der Waals surface area contributed by atoms with Crippen molar-refractivity contribution in [3.05, 3.63) is 63.1 Å². The first-order valence-corrected chi connectivity index (χ1v) is 6.51. The van der Waals surface area contributed by atoms with Crippen molar-refractivity contribution in [3.8, 4) is 0 Å². The second-order valence-corrected chi connectivity index (χ2v) is 4.55. The molecule has 1 aromatic carbocycles. The summed E-state index contributed by atoms with van der Waals surface area (Å²) >= 11 is 0. The highest BCUT2D eigenvalue weighted by Gasteiger charge is 2.24. The number of methoxy groups -OCH3 is 1. The number of rotatable bonds is 5. The number of carbonyl (C=O) groups excluding carboxylic acids is 2. The maximum absolute atomic E-state index is 12.2. The Morgan fingerprint density at radius 2 is 2.00 bits per heavy atom. The third-order valence-electron chi connectivity index (χ3n) is 3.14. The highest BCUT2D eigenvalue weighted by atomic mass is 16.6. The van der Waals surface area contributed by atoms with Gasteiger partial charge in [-0.25, -0.2) is 9.59 Å². The number of furan rings is 1. The lowest BCUT2D eigenvalue weighted by molar-refractivity contribution is -0.385. The van der Waals surface area contributed by atoms with Crippen molar-refractivity contribution in [1.29, 1.82) is 0 Å². The number of esters is 2. The Kier molecular flexibility index (Phi) is 4.75. The topological polar surface area (TPSA) is 109 Å². The van der Waals surface area contributed by atoms with Crippen LogP contribution in [0.5, 0.6) is 0 Å². The summed E-state index contributed by atoms with van der Waals surface area (Å²) in [6, 6.07) is 5.64. The van der Waals surface area contributed by atoms with Crippen LogP contribution in [0.2, 0.25) is 0 Å². The van der Waals surface area contributed by atoms with Crippen LogP contribution in [0.25, 0.3) is 0 Å². The predicted molar refractivity (Wildman–Crippen MR) is 77.0 cm³/mol. The normalized spacial score (nSPS) is 10.2. The predicted octanol–water partition coefficient (Wildman–Crippen LogP) is 2.64. The van der Waals surface area contributed by atoms with Gasteiger partial charge in [0.1, 0.15) is 11.1 Å². The van der Waals surface area contributed by atoms with Crippen molar-refractivity contribution < 1.29 is 28.4 Å². The van der Waals surface area contributed by atoms with Crippen LogP contribution < -0.4 is 0 Å². The first-order chi connectivity index (χ1) is 11.0. The number of hydrogen-bond donors (Lipinski definition) is 0. The Bertz CT molecular complexity index is 763. The maximum atomic E-state index is 12.2. The SMILES string of the molecule is COC(=O)c1ccoc1COC(=O)c1c(C)cccc1[N+](=O)[O-]. The van der Waals surface area contributed by atoms with Crippen molar-refractivity contribution in [2.75, 3.05) is 7.11 Å². The van der Waals surface area contributed by atoms with Gasteiger partial charge in [-0.3, -0.25) is 10.1 Å². The Morgan fingerprint density at radius 1 is 1.26 bits per heavy atom. The van der Waals surface area contributed by atoms with Gasteiger partial charge in [0.15, 0.2) is 12.4 Å². The fourth-order valence-electron chi connectivity index (χ4n) is 2.02. The molecule has 1 heterocycles. The number of ether oxygens (including phenoxy) is 2. The van der Waals surface area contributed by atoms with Crippen molar-refractivity contribution >= 4 is 17.6 Å². The monoisotopic (exact) mass is 319 g/mol. The molecule has 23 heavy (non-hydrogen) atoms. The largest absolute Gasteiger partial charge is 0.465 e. The van der Waals surface area contributed by atoms with Gasteiger partial charge in [0.25, 0.3) is 5.69 Å². The molecule has 120 valence electrons. The average molecular weight is 319 g/mol. The van der Waals surface area contributed by atoms with E-state index >= 15 is 0 Å². The summed E-state index contributed by atoms with van der Waals surface area (Å²) in [5.41, 5.74) is 0.0581. The van der Waals surface area contributed by atoms with Crippen LogP contribution in [0.4, 0.5) is 5.69 Å². The number of aryl methyl sites for hydroxylation is 1. The van der Waals surface area contributed by atoms with Crippen LogP contribution in [-0.2, 0) is 16.1 Å². The summed E-state index contributed by atoms with van der Waals surface area (Å²) in [4.78, 5) is 34.0. The van der Waals surface area contributed by atoms with Crippen LogP contribution in [-0.4, -0.2) is 24.0 Å². The third-order valence-corrected chi connectivity index (χ3v) is 3.14. The van der Waals surface area contributed by atoms with Crippen LogP contribution >= 0.6 is 0 Å². The summed E-state index contributed by atoms with van der Waals surface area (Å²) in [6.07, 6.45) is 1.26. The van der Waals surface area contributed by atoms with Crippen LogP contribution in [0.3, 0.4) is 0 Å². The average Bonchev–Trinajstić information content (AvgIpc) is 3.00. The van der Waals surface area contributed by atoms with Gasteiger partial charge in [0.2, 0.25) is 0 Å². The summed E-state index contributed by atoms with van der Waals surface area (Å²) in [7, 11) is 1.21. The molecule has 1 aromatic heterocycles. The van der Waals surface area contributed by atoms with Crippen molar-refractivity contribution in [3.63, 3.8) is 0 Å². The van der Waals surface area contributed by atoms with Gasteiger partial charge in [-0.05, 0) is 18.6 Å². The lowest BCUT2D eigenvalue weighted by Gasteiger charge is -2.07. The highest BCUT2D eigenvalue weighted by Crippen LogP contribution is 2.23. The molecule has 8 heteroatoms. The molecule has 0 unspecified atom stereocenters. The lowest BCUT2D eigenvalue weighted by atomic mass is 10.1. The zero-order valence-electron chi connectivity index (χ0n) is 12.4. The van der Waals surface area contributed by atoms with E-state index in [1.54, 1.807) is 13.0 Å². The number of nitro benzene ring substituents is 1. The van der Waals surface area contributed by atoms with E-state index in [1.165, 1.54) is 31.6 Å². The number of benzene rings is 1. The molecule has 0 N–H and O–H groups in total. The quantitative estimate of drug-likeness (QED) is 0.473. The minimum absolute atomic E-state index is 0.0986. The molecular formula is C15H13NO7. The maximum Gasteiger partial charge on any atom is 0.345 e. The minimum Gasteiger partial charge on any atom is -0.465 e. The Hall–Kier alpha value is -3.16. The van der Waals surface area contributed by atoms with Crippen molar-refractivity contribution in [2.24, 2.45) is 0 Å². The van der Waals surface area contributed by atoms with E-state index < -0.39 is 16.9 Å². The van der Waals surface area contributed by atoms with E-state index in [1.807, 2.05) is 0 Å². The molecule has 0 atom stereocenters. The minimum atomic E-state index is -0.873. The molecule has 0 saturated carbocycles. The Balaban J connectivity index is 2.20. The zero-order valence-corrected chi connectivity index (χ0v) is 12.4. The van der Waals surface area contributed by atoms with E-state index in [0.29, 0.717) is 5.56 Å². The molecule has 8 nitrogen and oxygen atoms in total. The van der Waals surface area contributed by atoms with E-state index in [2.05, 4.69) is 4.74 Å². The first kappa shape index (κ1) is 16.2. The van der Waals surface area contributed by atoms with Crippen LogP contribution in [0.15, 0.2) is 34.9 Å². The van der Waals surface area contributed by atoms with E-state index in [0.717, 1.165) is 0 Å². The summed E-state index contributed by atoms with van der Waals surface area (Å²) in [6.45, 7) is 1.22. The third kappa shape index (κ3) is 3.37. The van der Waals surface area contributed by atoms with E-state index in [4.69, 9.17) is 9.15 Å². The summed E-state index contributed by atoms with van der Waals surface area (Å²) in [5, 5.41) is 11.0. The van der Waals surface area contributed by atoms with Gasteiger partial charge in [-0.1, -0.05) is 12.1 Å². The summed E-state index contributed by atoms with van der Waals surface area (Å²) in [5.74, 6) is -1.41. The number of nitro groups is 1. The summed E-state index contributed by atoms with van der Waals surface area (Å²) < 4.78 is 14.7. The van der Waals surface area contributed by atoms with Gasteiger partial charge < -0.3 is 13.9 Å². The molecule has 0 radical (unpaired) electrons. The molecule has 2 aromatic rings. The Labute approximate surface area is 130 Å². The van der Waals surface area contributed by atoms with Gasteiger partial charge in [-0.2, -0.15) is 0 Å². The number of hydrogen-bond acceptors (Lipinski definition) is 7. The molecule has 0 bridgehead atoms. The number of nitrogens with zero attached hydrogens (tertiary/aromatic N) is 1. The highest BCUT2D eigenvalue weighted by molar-refractivity contribution is 5.95. The second-order valence-electron chi connectivity index (χ2n) is 4.55. The number of carbonyl (C=O) groups is 2. The first-order valence-electron chi connectivity index (χ1n) is 6.51. The van der Waals surface area contributed by atoms with E-state index in [-0.39, 0.29) is 29.2 Å². The molecule has 0 aliphatic carbocycles. The molecule has 0 aliphatic rings. The van der Waals surface area contributed by atoms with Crippen molar-refractivity contribution in [1.82, 2.24) is 0 Å². The Morgan fingerprint density at radius 3 is 2.65 bits per heavy atom. The van der Waals surface area contributed by atoms with Crippen molar-refractivity contribution in [2.45, 2.75) is 13.5 Å². The molecule has 0 spiro atoms.